The summed E-state index contributed by atoms with van der Waals surface area (Å²) in [6.07, 6.45) is 0.924. The molecule has 0 spiro atoms. The topological polar surface area (TPSA) is 96.5 Å². The number of carbonyl (C=O) groups excluding carboxylic acids is 3. The van der Waals surface area contributed by atoms with Gasteiger partial charge in [0.25, 0.3) is 11.8 Å². The summed E-state index contributed by atoms with van der Waals surface area (Å²) in [6.45, 7) is 0.533. The van der Waals surface area contributed by atoms with Crippen LogP contribution in [0.1, 0.15) is 34.8 Å². The highest BCUT2D eigenvalue weighted by Crippen LogP contribution is 2.19. The molecule has 1 saturated heterocycles. The van der Waals surface area contributed by atoms with Crippen molar-refractivity contribution in [2.75, 3.05) is 19.0 Å². The second-order valence-corrected chi connectivity index (χ2v) is 6.77. The fraction of sp³-hybridized carbons (Fsp3) is 0.286. The van der Waals surface area contributed by atoms with Crippen LogP contribution in [-0.2, 0) is 14.3 Å². The number of carbonyl (C=O) groups is 3. The standard InChI is InChI=1S/C21H21F2N3O4/c1-24-21(29)18(12-7-8-15(22)16(23)11-12)26-19(27)13-4-2-5-14(10-13)25-20(28)17-6-3-9-30-17/h2,4-5,7-8,10-11,17-18H,3,6,9H2,1H3,(H,24,29)(H,25,28)(H,26,27). The Morgan fingerprint density at radius 3 is 2.57 bits per heavy atom. The van der Waals surface area contributed by atoms with E-state index in [0.29, 0.717) is 18.7 Å². The monoisotopic (exact) mass is 417 g/mol. The number of likely N-dealkylation sites (N-methyl/N-ethyl adjacent to an activating group) is 1. The molecular weight excluding hydrogens is 396 g/mol. The quantitative estimate of drug-likeness (QED) is 0.672. The van der Waals surface area contributed by atoms with Crippen molar-refractivity contribution in [3.05, 3.63) is 65.2 Å². The molecule has 0 aromatic heterocycles. The zero-order chi connectivity index (χ0) is 21.7. The van der Waals surface area contributed by atoms with Gasteiger partial charge in [-0.05, 0) is 48.7 Å². The van der Waals surface area contributed by atoms with Crippen LogP contribution in [0.3, 0.4) is 0 Å². The second kappa shape index (κ2) is 9.45. The van der Waals surface area contributed by atoms with Gasteiger partial charge in [0.2, 0.25) is 5.91 Å². The van der Waals surface area contributed by atoms with Crippen molar-refractivity contribution in [1.29, 1.82) is 0 Å². The normalized spacial score (nSPS) is 16.6. The predicted octanol–water partition coefficient (Wildman–Crippen LogP) is 2.30. The highest BCUT2D eigenvalue weighted by Gasteiger charge is 2.25. The van der Waals surface area contributed by atoms with Crippen molar-refractivity contribution in [3.63, 3.8) is 0 Å². The van der Waals surface area contributed by atoms with E-state index in [9.17, 15) is 23.2 Å². The van der Waals surface area contributed by atoms with Crippen LogP contribution < -0.4 is 16.0 Å². The lowest BCUT2D eigenvalue weighted by atomic mass is 10.0. The first-order valence-corrected chi connectivity index (χ1v) is 9.39. The van der Waals surface area contributed by atoms with Crippen molar-refractivity contribution in [2.24, 2.45) is 0 Å². The van der Waals surface area contributed by atoms with Crippen molar-refractivity contribution in [2.45, 2.75) is 25.0 Å². The number of hydrogen-bond acceptors (Lipinski definition) is 4. The van der Waals surface area contributed by atoms with E-state index < -0.39 is 35.6 Å². The summed E-state index contributed by atoms with van der Waals surface area (Å²) in [4.78, 5) is 37.1. The van der Waals surface area contributed by atoms with Gasteiger partial charge in [0.15, 0.2) is 11.6 Å². The van der Waals surface area contributed by atoms with Crippen LogP contribution in [-0.4, -0.2) is 37.5 Å². The van der Waals surface area contributed by atoms with Gasteiger partial charge in [-0.2, -0.15) is 0 Å². The molecule has 3 amide bonds. The van der Waals surface area contributed by atoms with Gasteiger partial charge in [-0.15, -0.1) is 0 Å². The van der Waals surface area contributed by atoms with Crippen LogP contribution in [0.2, 0.25) is 0 Å². The number of ether oxygens (including phenoxy) is 1. The van der Waals surface area contributed by atoms with E-state index in [0.717, 1.165) is 18.6 Å². The van der Waals surface area contributed by atoms with Crippen molar-refractivity contribution >= 4 is 23.4 Å². The van der Waals surface area contributed by atoms with Gasteiger partial charge < -0.3 is 20.7 Å². The van der Waals surface area contributed by atoms with Crippen LogP contribution in [0, 0.1) is 11.6 Å². The van der Waals surface area contributed by atoms with Crippen molar-refractivity contribution in [1.82, 2.24) is 10.6 Å². The van der Waals surface area contributed by atoms with E-state index >= 15 is 0 Å². The van der Waals surface area contributed by atoms with Crippen molar-refractivity contribution in [3.8, 4) is 0 Å². The summed E-state index contributed by atoms with van der Waals surface area (Å²) in [5.41, 5.74) is 0.661. The predicted molar refractivity (Wildman–Crippen MR) is 105 cm³/mol. The van der Waals surface area contributed by atoms with E-state index in [1.165, 1.54) is 25.2 Å². The molecule has 0 aliphatic carbocycles. The van der Waals surface area contributed by atoms with Gasteiger partial charge in [-0.25, -0.2) is 8.78 Å². The number of benzene rings is 2. The Kier molecular flexibility index (Phi) is 6.73. The minimum atomic E-state index is -1.23. The van der Waals surface area contributed by atoms with Gasteiger partial charge in [-0.1, -0.05) is 12.1 Å². The van der Waals surface area contributed by atoms with Crippen LogP contribution in [0.15, 0.2) is 42.5 Å². The lowest BCUT2D eigenvalue weighted by Crippen LogP contribution is -2.39. The van der Waals surface area contributed by atoms with Crippen molar-refractivity contribution < 1.29 is 27.9 Å². The number of rotatable bonds is 6. The highest BCUT2D eigenvalue weighted by molar-refractivity contribution is 6.00. The number of anilines is 1. The first-order chi connectivity index (χ1) is 14.4. The van der Waals surface area contributed by atoms with Gasteiger partial charge >= 0.3 is 0 Å². The molecule has 9 heteroatoms. The van der Waals surface area contributed by atoms with Crippen LogP contribution in [0.4, 0.5) is 14.5 Å². The molecule has 2 atom stereocenters. The Morgan fingerprint density at radius 1 is 1.10 bits per heavy atom. The Labute approximate surface area is 171 Å². The van der Waals surface area contributed by atoms with Gasteiger partial charge in [-0.3, -0.25) is 14.4 Å². The largest absolute Gasteiger partial charge is 0.368 e. The smallest absolute Gasteiger partial charge is 0.253 e. The summed E-state index contributed by atoms with van der Waals surface area (Å²) >= 11 is 0. The number of halogens is 2. The molecular formula is C21H21F2N3O4. The number of nitrogens with one attached hydrogen (secondary N) is 3. The molecule has 1 heterocycles. The number of hydrogen-bond donors (Lipinski definition) is 3. The van der Waals surface area contributed by atoms with E-state index in [1.54, 1.807) is 12.1 Å². The third-order valence-electron chi connectivity index (χ3n) is 4.68. The molecule has 1 aliphatic rings. The molecule has 3 N–H and O–H groups in total. The first kappa shape index (κ1) is 21.4. The number of amides is 3. The van der Waals surface area contributed by atoms with Gasteiger partial charge in [0.1, 0.15) is 12.1 Å². The van der Waals surface area contributed by atoms with Crippen LogP contribution >= 0.6 is 0 Å². The summed E-state index contributed by atoms with van der Waals surface area (Å²) in [6, 6.07) is 7.88. The van der Waals surface area contributed by atoms with Gasteiger partial charge in [0.05, 0.1) is 0 Å². The highest BCUT2D eigenvalue weighted by atomic mass is 19.2. The summed E-state index contributed by atoms with van der Waals surface area (Å²) in [5.74, 6) is -3.71. The van der Waals surface area contributed by atoms with E-state index in [1.807, 2.05) is 0 Å². The molecule has 0 radical (unpaired) electrons. The van der Waals surface area contributed by atoms with Crippen LogP contribution in [0.5, 0.6) is 0 Å². The summed E-state index contributed by atoms with van der Waals surface area (Å²) < 4.78 is 32.2. The van der Waals surface area contributed by atoms with E-state index in [-0.39, 0.29) is 17.0 Å². The molecule has 0 saturated carbocycles. The molecule has 2 unspecified atom stereocenters. The molecule has 0 bridgehead atoms. The minimum absolute atomic E-state index is 0.0874. The summed E-state index contributed by atoms with van der Waals surface area (Å²) in [5, 5.41) is 7.58. The Balaban J connectivity index is 1.76. The van der Waals surface area contributed by atoms with E-state index in [4.69, 9.17) is 4.74 Å². The molecule has 1 fully saturated rings. The Bertz CT molecular complexity index is 961. The minimum Gasteiger partial charge on any atom is -0.368 e. The van der Waals surface area contributed by atoms with E-state index in [2.05, 4.69) is 16.0 Å². The van der Waals surface area contributed by atoms with Gasteiger partial charge in [0, 0.05) is 24.9 Å². The first-order valence-electron chi connectivity index (χ1n) is 9.39. The average Bonchev–Trinajstić information content (AvgIpc) is 3.29. The molecule has 30 heavy (non-hydrogen) atoms. The maximum atomic E-state index is 13.6. The molecule has 1 aliphatic heterocycles. The molecule has 2 aromatic rings. The molecule has 3 rings (SSSR count). The third-order valence-corrected chi connectivity index (χ3v) is 4.68. The maximum Gasteiger partial charge on any atom is 0.253 e. The zero-order valence-electron chi connectivity index (χ0n) is 16.2. The molecule has 158 valence electrons. The average molecular weight is 417 g/mol. The fourth-order valence-corrected chi connectivity index (χ4v) is 3.10. The summed E-state index contributed by atoms with van der Waals surface area (Å²) in [7, 11) is 1.36. The SMILES string of the molecule is CNC(=O)C(NC(=O)c1cccc(NC(=O)C2CCCO2)c1)c1ccc(F)c(F)c1. The molecule has 2 aromatic carbocycles. The second-order valence-electron chi connectivity index (χ2n) is 6.77. The fourth-order valence-electron chi connectivity index (χ4n) is 3.10. The zero-order valence-corrected chi connectivity index (χ0v) is 16.2. The Morgan fingerprint density at radius 2 is 1.90 bits per heavy atom. The van der Waals surface area contributed by atoms with Crippen LogP contribution in [0.25, 0.3) is 0 Å². The maximum absolute atomic E-state index is 13.6. The third kappa shape index (κ3) is 4.98. The Hall–Kier alpha value is -3.33. The lowest BCUT2D eigenvalue weighted by molar-refractivity contribution is -0.124. The molecule has 7 nitrogen and oxygen atoms in total. The lowest BCUT2D eigenvalue weighted by Gasteiger charge is -2.18.